The number of ketones is 1. The molecule has 0 saturated heterocycles. The highest BCUT2D eigenvalue weighted by Gasteiger charge is 2.54. The first kappa shape index (κ1) is 18.7. The summed E-state index contributed by atoms with van der Waals surface area (Å²) in [5.74, 6) is 2.66. The molecule has 0 unspecified atom stereocenters. The molecule has 0 radical (unpaired) electrons. The van der Waals surface area contributed by atoms with Crippen LogP contribution in [0.2, 0.25) is 0 Å². The van der Waals surface area contributed by atoms with Crippen molar-refractivity contribution in [2.24, 2.45) is 5.92 Å². The van der Waals surface area contributed by atoms with Gasteiger partial charge in [0.15, 0.2) is 11.6 Å². The van der Waals surface area contributed by atoms with Crippen LogP contribution in [0.1, 0.15) is 69.0 Å². The lowest BCUT2D eigenvalue weighted by Crippen LogP contribution is -2.43. The van der Waals surface area contributed by atoms with Gasteiger partial charge >= 0.3 is 0 Å². The van der Waals surface area contributed by atoms with Crippen molar-refractivity contribution in [3.8, 4) is 11.5 Å². The molecule has 3 aliphatic carbocycles. The quantitative estimate of drug-likeness (QED) is 0.725. The van der Waals surface area contributed by atoms with Crippen LogP contribution < -0.4 is 4.90 Å². The summed E-state index contributed by atoms with van der Waals surface area (Å²) in [6, 6.07) is 5.84. The maximum atomic E-state index is 13.4. The first-order chi connectivity index (χ1) is 14.2. The van der Waals surface area contributed by atoms with Crippen LogP contribution in [0.5, 0.6) is 0 Å². The maximum absolute atomic E-state index is 13.4. The smallest absolute Gasteiger partial charge is 0.180 e. The van der Waals surface area contributed by atoms with Crippen molar-refractivity contribution >= 4 is 11.6 Å². The molecule has 29 heavy (non-hydrogen) atoms. The summed E-state index contributed by atoms with van der Waals surface area (Å²) in [5, 5.41) is 0. The number of aromatic nitrogens is 3. The fourth-order valence-corrected chi connectivity index (χ4v) is 5.27. The summed E-state index contributed by atoms with van der Waals surface area (Å²) >= 11 is 0. The molecule has 2 heterocycles. The van der Waals surface area contributed by atoms with E-state index in [2.05, 4.69) is 16.9 Å². The van der Waals surface area contributed by atoms with E-state index in [4.69, 9.17) is 9.97 Å². The van der Waals surface area contributed by atoms with Crippen LogP contribution in [0, 0.1) is 5.92 Å². The molecule has 0 aromatic carbocycles. The molecule has 2 fully saturated rings. The van der Waals surface area contributed by atoms with E-state index in [1.54, 1.807) is 6.20 Å². The molecule has 0 N–H and O–H groups in total. The molecule has 0 spiro atoms. The van der Waals surface area contributed by atoms with Gasteiger partial charge in [-0.1, -0.05) is 38.2 Å². The van der Waals surface area contributed by atoms with Crippen LogP contribution in [-0.4, -0.2) is 33.3 Å². The molecule has 0 atom stereocenters. The molecule has 0 aliphatic heterocycles. The van der Waals surface area contributed by atoms with Crippen LogP contribution in [-0.2, 0) is 17.6 Å². The van der Waals surface area contributed by atoms with Gasteiger partial charge in [-0.2, -0.15) is 0 Å². The number of Topliss-reactive ketones (excluding diaryl/α,β-unsaturated/α-hetero) is 1. The minimum absolute atomic E-state index is 0.344. The minimum Gasteiger partial charge on any atom is -0.347 e. The lowest BCUT2D eigenvalue weighted by molar-refractivity contribution is -0.122. The number of rotatable bonds is 6. The third kappa shape index (κ3) is 3.45. The number of aryl methyl sites for hydroxylation is 1. The monoisotopic (exact) mass is 390 g/mol. The van der Waals surface area contributed by atoms with Crippen molar-refractivity contribution in [2.75, 3.05) is 11.9 Å². The number of likely N-dealkylation sites (N-methyl/N-ethyl adjacent to an activating group) is 1. The number of carbonyl (C=O) groups excluding carboxylic acids is 1. The number of hydrogen-bond acceptors (Lipinski definition) is 5. The van der Waals surface area contributed by atoms with Gasteiger partial charge in [0.2, 0.25) is 0 Å². The van der Waals surface area contributed by atoms with Gasteiger partial charge in [0.05, 0.1) is 5.54 Å². The second kappa shape index (κ2) is 7.51. The third-order valence-electron chi connectivity index (χ3n) is 7.21. The van der Waals surface area contributed by atoms with E-state index in [1.165, 1.54) is 37.7 Å². The van der Waals surface area contributed by atoms with Gasteiger partial charge in [0, 0.05) is 30.9 Å². The highest BCUT2D eigenvalue weighted by molar-refractivity contribution is 5.95. The van der Waals surface area contributed by atoms with Gasteiger partial charge < -0.3 is 4.90 Å². The number of fused-ring (bicyclic) bond motifs is 1. The first-order valence-corrected chi connectivity index (χ1v) is 11.3. The molecule has 5 nitrogen and oxygen atoms in total. The van der Waals surface area contributed by atoms with Gasteiger partial charge in [-0.15, -0.1) is 0 Å². The molecule has 2 saturated carbocycles. The van der Waals surface area contributed by atoms with Crippen LogP contribution >= 0.6 is 0 Å². The van der Waals surface area contributed by atoms with E-state index in [9.17, 15) is 4.79 Å². The zero-order valence-electron chi connectivity index (χ0n) is 17.4. The van der Waals surface area contributed by atoms with Crippen molar-refractivity contribution in [2.45, 2.75) is 76.2 Å². The second-order valence-corrected chi connectivity index (χ2v) is 9.09. The van der Waals surface area contributed by atoms with E-state index in [-0.39, 0.29) is 5.54 Å². The maximum Gasteiger partial charge on any atom is 0.180 e. The third-order valence-corrected chi connectivity index (χ3v) is 7.21. The molecule has 5 rings (SSSR count). The molecule has 2 aromatic heterocycles. The van der Waals surface area contributed by atoms with Crippen molar-refractivity contribution in [1.82, 2.24) is 15.0 Å². The average molecular weight is 391 g/mol. The number of hydrogen-bond donors (Lipinski definition) is 0. The number of anilines is 1. The zero-order valence-corrected chi connectivity index (χ0v) is 17.4. The lowest BCUT2D eigenvalue weighted by atomic mass is 9.84. The van der Waals surface area contributed by atoms with E-state index < -0.39 is 0 Å². The summed E-state index contributed by atoms with van der Waals surface area (Å²) in [7, 11) is 2.08. The van der Waals surface area contributed by atoms with Crippen molar-refractivity contribution in [1.29, 1.82) is 0 Å². The summed E-state index contributed by atoms with van der Waals surface area (Å²) in [6.07, 6.45) is 13.9. The van der Waals surface area contributed by atoms with Gasteiger partial charge in [0.1, 0.15) is 11.5 Å². The summed E-state index contributed by atoms with van der Waals surface area (Å²) in [6.45, 7) is 0. The Kier molecular flexibility index (Phi) is 4.84. The molecule has 152 valence electrons. The zero-order chi connectivity index (χ0) is 19.8. The van der Waals surface area contributed by atoms with Gasteiger partial charge in [-0.05, 0) is 50.2 Å². The standard InChI is InChI=1S/C24H30N4O/c1-28(24(13-14-24)21(29)16-17-8-3-2-4-9-17)23-18-10-7-12-19(18)26-22(27-23)20-11-5-6-15-25-20/h5-6,11,15,17H,2-4,7-10,12-14,16H2,1H3. The fraction of sp³-hybridized carbons (Fsp3) is 0.583. The molecule has 5 heteroatoms. The summed E-state index contributed by atoms with van der Waals surface area (Å²) in [5.41, 5.74) is 2.83. The largest absolute Gasteiger partial charge is 0.347 e. The lowest BCUT2D eigenvalue weighted by Gasteiger charge is -2.31. The Morgan fingerprint density at radius 3 is 2.66 bits per heavy atom. The normalized spacial score (nSPS) is 20.3. The van der Waals surface area contributed by atoms with Crippen LogP contribution in [0.25, 0.3) is 11.5 Å². The second-order valence-electron chi connectivity index (χ2n) is 9.09. The Morgan fingerprint density at radius 1 is 1.10 bits per heavy atom. The van der Waals surface area contributed by atoms with Gasteiger partial charge in [-0.25, -0.2) is 9.97 Å². The number of carbonyl (C=O) groups is 1. The van der Waals surface area contributed by atoms with Gasteiger partial charge in [-0.3, -0.25) is 9.78 Å². The van der Waals surface area contributed by atoms with Crippen LogP contribution in [0.3, 0.4) is 0 Å². The Morgan fingerprint density at radius 2 is 1.93 bits per heavy atom. The Balaban J connectivity index is 1.45. The van der Waals surface area contributed by atoms with Crippen LogP contribution in [0.4, 0.5) is 5.82 Å². The van der Waals surface area contributed by atoms with Crippen molar-refractivity contribution in [3.05, 3.63) is 35.7 Å². The topological polar surface area (TPSA) is 59.0 Å². The molecule has 0 amide bonds. The Bertz CT molecular complexity index is 901. The fourth-order valence-electron chi connectivity index (χ4n) is 5.27. The Hall–Kier alpha value is -2.30. The van der Waals surface area contributed by atoms with E-state index in [0.717, 1.165) is 55.7 Å². The predicted octanol–water partition coefficient (Wildman–Crippen LogP) is 4.54. The predicted molar refractivity (Wildman–Crippen MR) is 114 cm³/mol. The summed E-state index contributed by atoms with van der Waals surface area (Å²) < 4.78 is 0. The highest BCUT2D eigenvalue weighted by atomic mass is 16.1. The molecule has 2 aromatic rings. The molecule has 3 aliphatic rings. The van der Waals surface area contributed by atoms with Gasteiger partial charge in [0.25, 0.3) is 0 Å². The SMILES string of the molecule is CN(c1nc(-c2ccccn2)nc2c1CCC2)C1(C(=O)CC2CCCCC2)CC1. The van der Waals surface area contributed by atoms with Crippen molar-refractivity contribution in [3.63, 3.8) is 0 Å². The van der Waals surface area contributed by atoms with Crippen LogP contribution in [0.15, 0.2) is 24.4 Å². The first-order valence-electron chi connectivity index (χ1n) is 11.3. The number of pyridine rings is 1. The summed E-state index contributed by atoms with van der Waals surface area (Å²) in [4.78, 5) is 29.8. The van der Waals surface area contributed by atoms with Crippen molar-refractivity contribution < 1.29 is 4.79 Å². The Labute approximate surface area is 173 Å². The molecule has 0 bridgehead atoms. The highest BCUT2D eigenvalue weighted by Crippen LogP contribution is 2.47. The molecular formula is C24H30N4O. The average Bonchev–Trinajstić information content (AvgIpc) is 3.45. The van der Waals surface area contributed by atoms with E-state index in [0.29, 0.717) is 17.5 Å². The van der Waals surface area contributed by atoms with E-state index >= 15 is 0 Å². The number of nitrogens with zero attached hydrogens (tertiary/aromatic N) is 4. The minimum atomic E-state index is -0.344. The molecular weight excluding hydrogens is 360 g/mol. The van der Waals surface area contributed by atoms with E-state index in [1.807, 2.05) is 18.2 Å².